The van der Waals surface area contributed by atoms with E-state index >= 15 is 0 Å². The summed E-state index contributed by atoms with van der Waals surface area (Å²) in [5.74, 6) is 0.772. The van der Waals surface area contributed by atoms with Gasteiger partial charge in [0.05, 0.1) is 6.26 Å². The van der Waals surface area contributed by atoms with Crippen LogP contribution in [0.25, 0.3) is 0 Å². The molecule has 0 saturated carbocycles. The van der Waals surface area contributed by atoms with Crippen molar-refractivity contribution in [3.63, 3.8) is 0 Å². The monoisotopic (exact) mass is 180 g/mol. The number of nitrogens with one attached hydrogen (secondary N) is 1. The number of rotatable bonds is 1. The SMILES string of the molecule is O=C1CCNCCN1c1ccco1. The molecule has 0 radical (unpaired) electrons. The second-order valence-corrected chi connectivity index (χ2v) is 3.00. The summed E-state index contributed by atoms with van der Waals surface area (Å²) in [6.45, 7) is 2.27. The molecule has 1 aliphatic heterocycles. The van der Waals surface area contributed by atoms with Crippen LogP contribution >= 0.6 is 0 Å². The fourth-order valence-corrected chi connectivity index (χ4v) is 1.43. The summed E-state index contributed by atoms with van der Waals surface area (Å²) in [5.41, 5.74) is 0. The van der Waals surface area contributed by atoms with E-state index in [2.05, 4.69) is 5.32 Å². The Morgan fingerprint density at radius 1 is 1.46 bits per heavy atom. The third-order valence-electron chi connectivity index (χ3n) is 2.10. The van der Waals surface area contributed by atoms with Crippen LogP contribution in [0.15, 0.2) is 22.8 Å². The van der Waals surface area contributed by atoms with Gasteiger partial charge < -0.3 is 9.73 Å². The maximum absolute atomic E-state index is 11.5. The highest BCUT2D eigenvalue weighted by atomic mass is 16.3. The lowest BCUT2D eigenvalue weighted by molar-refractivity contribution is -0.118. The quantitative estimate of drug-likeness (QED) is 0.688. The summed E-state index contributed by atoms with van der Waals surface area (Å²) in [6, 6.07) is 3.60. The van der Waals surface area contributed by atoms with Crippen molar-refractivity contribution in [2.45, 2.75) is 6.42 Å². The highest BCUT2D eigenvalue weighted by Gasteiger charge is 2.19. The minimum Gasteiger partial charge on any atom is -0.448 e. The number of amides is 1. The third-order valence-corrected chi connectivity index (χ3v) is 2.10. The normalized spacial score (nSPS) is 18.8. The van der Waals surface area contributed by atoms with Gasteiger partial charge in [-0.3, -0.25) is 9.69 Å². The van der Waals surface area contributed by atoms with Crippen LogP contribution in [-0.2, 0) is 4.79 Å². The zero-order chi connectivity index (χ0) is 9.10. The summed E-state index contributed by atoms with van der Waals surface area (Å²) in [6.07, 6.45) is 2.13. The summed E-state index contributed by atoms with van der Waals surface area (Å²) >= 11 is 0. The number of nitrogens with zero attached hydrogens (tertiary/aromatic N) is 1. The molecule has 1 fully saturated rings. The van der Waals surface area contributed by atoms with Crippen molar-refractivity contribution < 1.29 is 9.21 Å². The molecule has 13 heavy (non-hydrogen) atoms. The van der Waals surface area contributed by atoms with E-state index in [0.29, 0.717) is 18.8 Å². The van der Waals surface area contributed by atoms with Crippen LogP contribution in [0.4, 0.5) is 5.88 Å². The maximum atomic E-state index is 11.5. The zero-order valence-electron chi connectivity index (χ0n) is 7.32. The van der Waals surface area contributed by atoms with Crippen molar-refractivity contribution in [3.05, 3.63) is 18.4 Å². The van der Waals surface area contributed by atoms with Crippen molar-refractivity contribution >= 4 is 11.8 Å². The first-order chi connectivity index (χ1) is 6.38. The minimum absolute atomic E-state index is 0.125. The van der Waals surface area contributed by atoms with Gasteiger partial charge in [0.2, 0.25) is 11.8 Å². The lowest BCUT2D eigenvalue weighted by Crippen LogP contribution is -2.31. The lowest BCUT2D eigenvalue weighted by Gasteiger charge is -2.16. The first kappa shape index (κ1) is 8.31. The Labute approximate surface area is 76.5 Å². The summed E-state index contributed by atoms with van der Waals surface area (Å²) in [7, 11) is 0. The Balaban J connectivity index is 2.16. The molecule has 1 aliphatic rings. The Morgan fingerprint density at radius 2 is 2.38 bits per heavy atom. The summed E-state index contributed by atoms with van der Waals surface area (Å²) in [5, 5.41) is 3.17. The summed E-state index contributed by atoms with van der Waals surface area (Å²) < 4.78 is 5.18. The topological polar surface area (TPSA) is 45.5 Å². The van der Waals surface area contributed by atoms with Gasteiger partial charge in [-0.1, -0.05) is 0 Å². The Kier molecular flexibility index (Phi) is 2.31. The fourth-order valence-electron chi connectivity index (χ4n) is 1.43. The lowest BCUT2D eigenvalue weighted by atomic mass is 10.4. The Hall–Kier alpha value is -1.29. The number of carbonyl (C=O) groups excluding carboxylic acids is 1. The van der Waals surface area contributed by atoms with Gasteiger partial charge in [0.15, 0.2) is 0 Å². The molecule has 2 heterocycles. The Bertz CT molecular complexity index is 282. The fraction of sp³-hybridized carbons (Fsp3) is 0.444. The molecule has 70 valence electrons. The van der Waals surface area contributed by atoms with Crippen molar-refractivity contribution in [2.75, 3.05) is 24.5 Å². The van der Waals surface area contributed by atoms with Gasteiger partial charge in [-0.2, -0.15) is 0 Å². The van der Waals surface area contributed by atoms with Crippen LogP contribution in [0.5, 0.6) is 0 Å². The number of furan rings is 1. The van der Waals surface area contributed by atoms with E-state index in [1.54, 1.807) is 17.2 Å². The predicted octanol–water partition coefficient (Wildman–Crippen LogP) is 0.606. The molecule has 1 aromatic rings. The molecule has 0 spiro atoms. The van der Waals surface area contributed by atoms with E-state index < -0.39 is 0 Å². The van der Waals surface area contributed by atoms with Crippen molar-refractivity contribution in [1.29, 1.82) is 0 Å². The van der Waals surface area contributed by atoms with Crippen molar-refractivity contribution in [3.8, 4) is 0 Å². The van der Waals surface area contributed by atoms with E-state index in [1.165, 1.54) is 0 Å². The van der Waals surface area contributed by atoms with Gasteiger partial charge in [-0.25, -0.2) is 0 Å². The molecule has 1 N–H and O–H groups in total. The highest BCUT2D eigenvalue weighted by molar-refractivity contribution is 5.92. The standard InChI is InChI=1S/C9H12N2O2/c12-8-3-4-10-5-6-11(8)9-2-1-7-13-9/h1-2,7,10H,3-6H2. The van der Waals surface area contributed by atoms with Crippen LogP contribution in [0.3, 0.4) is 0 Å². The number of anilines is 1. The number of hydrogen-bond acceptors (Lipinski definition) is 3. The van der Waals surface area contributed by atoms with E-state index in [4.69, 9.17) is 4.42 Å². The Morgan fingerprint density at radius 3 is 3.15 bits per heavy atom. The summed E-state index contributed by atoms with van der Waals surface area (Å²) in [4.78, 5) is 13.2. The molecule has 1 aromatic heterocycles. The second-order valence-electron chi connectivity index (χ2n) is 3.00. The van der Waals surface area contributed by atoms with Gasteiger partial charge in [0, 0.05) is 32.1 Å². The first-order valence-electron chi connectivity index (χ1n) is 4.42. The van der Waals surface area contributed by atoms with E-state index in [0.717, 1.165) is 13.1 Å². The average molecular weight is 180 g/mol. The second kappa shape index (κ2) is 3.62. The van der Waals surface area contributed by atoms with E-state index in [9.17, 15) is 4.79 Å². The molecule has 0 bridgehead atoms. The molecular weight excluding hydrogens is 168 g/mol. The smallest absolute Gasteiger partial charge is 0.230 e. The van der Waals surface area contributed by atoms with E-state index in [-0.39, 0.29) is 5.91 Å². The van der Waals surface area contributed by atoms with Crippen LogP contribution < -0.4 is 10.2 Å². The van der Waals surface area contributed by atoms with Gasteiger partial charge in [0.1, 0.15) is 0 Å². The third kappa shape index (κ3) is 1.72. The van der Waals surface area contributed by atoms with Gasteiger partial charge in [-0.15, -0.1) is 0 Å². The molecule has 2 rings (SSSR count). The molecule has 0 unspecified atom stereocenters. The van der Waals surface area contributed by atoms with Gasteiger partial charge >= 0.3 is 0 Å². The molecule has 1 saturated heterocycles. The molecule has 4 nitrogen and oxygen atoms in total. The largest absolute Gasteiger partial charge is 0.448 e. The average Bonchev–Trinajstić information content (AvgIpc) is 2.56. The molecule has 0 atom stereocenters. The molecular formula is C9H12N2O2. The van der Waals surface area contributed by atoms with Crippen molar-refractivity contribution in [2.24, 2.45) is 0 Å². The van der Waals surface area contributed by atoms with Crippen LogP contribution in [0.2, 0.25) is 0 Å². The van der Waals surface area contributed by atoms with Gasteiger partial charge in [-0.05, 0) is 6.07 Å². The highest BCUT2D eigenvalue weighted by Crippen LogP contribution is 2.15. The van der Waals surface area contributed by atoms with Crippen LogP contribution in [0, 0.1) is 0 Å². The van der Waals surface area contributed by atoms with E-state index in [1.807, 2.05) is 6.07 Å². The molecule has 1 amide bonds. The zero-order valence-corrected chi connectivity index (χ0v) is 7.32. The molecule has 0 aliphatic carbocycles. The first-order valence-corrected chi connectivity index (χ1v) is 4.42. The molecule has 4 heteroatoms. The molecule has 0 aromatic carbocycles. The van der Waals surface area contributed by atoms with Crippen molar-refractivity contribution in [1.82, 2.24) is 5.32 Å². The van der Waals surface area contributed by atoms with Crippen LogP contribution in [-0.4, -0.2) is 25.5 Å². The van der Waals surface area contributed by atoms with Crippen LogP contribution in [0.1, 0.15) is 6.42 Å². The maximum Gasteiger partial charge on any atom is 0.230 e. The number of carbonyl (C=O) groups is 1. The van der Waals surface area contributed by atoms with Gasteiger partial charge in [0.25, 0.3) is 0 Å². The minimum atomic E-state index is 0.125. The number of hydrogen-bond donors (Lipinski definition) is 1. The predicted molar refractivity (Wildman–Crippen MR) is 48.5 cm³/mol.